The van der Waals surface area contributed by atoms with Crippen molar-refractivity contribution in [1.82, 2.24) is 0 Å². The Labute approximate surface area is 189 Å². The van der Waals surface area contributed by atoms with E-state index in [1.165, 1.54) is 6.26 Å². The van der Waals surface area contributed by atoms with Gasteiger partial charge in [-0.15, -0.1) is 0 Å². The van der Waals surface area contributed by atoms with Crippen LogP contribution in [0.15, 0.2) is 104 Å². The van der Waals surface area contributed by atoms with Crippen LogP contribution >= 0.6 is 0 Å². The summed E-state index contributed by atoms with van der Waals surface area (Å²) in [5, 5.41) is 3.46. The van der Waals surface area contributed by atoms with Crippen LogP contribution in [0.3, 0.4) is 0 Å². The molecule has 1 aliphatic carbocycles. The molecular formula is C26H20N2O5. The molecule has 164 valence electrons. The fourth-order valence-electron chi connectivity index (χ4n) is 4.77. The lowest BCUT2D eigenvalue weighted by Crippen LogP contribution is -2.38. The first-order valence-corrected chi connectivity index (χ1v) is 10.8. The zero-order chi connectivity index (χ0) is 22.4. The van der Waals surface area contributed by atoms with Gasteiger partial charge >= 0.3 is 0 Å². The van der Waals surface area contributed by atoms with E-state index < -0.39 is 6.04 Å². The molecule has 0 saturated heterocycles. The summed E-state index contributed by atoms with van der Waals surface area (Å²) in [7, 11) is 0. The number of allylic oxidation sites excluding steroid dienone is 1. The number of carbonyl (C=O) groups is 2. The second-order valence-corrected chi connectivity index (χ2v) is 8.15. The fraction of sp³-hybridized carbons (Fsp3) is 0.154. The number of fused-ring (bicyclic) bond motifs is 1. The van der Waals surface area contributed by atoms with Crippen molar-refractivity contribution in [3.05, 3.63) is 108 Å². The third kappa shape index (κ3) is 3.20. The van der Waals surface area contributed by atoms with Crippen LogP contribution in [-0.2, 0) is 4.79 Å². The zero-order valence-electron chi connectivity index (χ0n) is 17.6. The Kier molecular flexibility index (Phi) is 4.54. The number of nitrogens with zero attached hydrogens (tertiary/aromatic N) is 1. The van der Waals surface area contributed by atoms with Crippen LogP contribution < -0.4 is 10.2 Å². The number of anilines is 2. The third-order valence-corrected chi connectivity index (χ3v) is 6.20. The summed E-state index contributed by atoms with van der Waals surface area (Å²) in [5.41, 5.74) is 2.64. The van der Waals surface area contributed by atoms with Gasteiger partial charge in [0, 0.05) is 23.6 Å². The Morgan fingerprint density at radius 3 is 2.30 bits per heavy atom. The maximum Gasteiger partial charge on any atom is 0.294 e. The van der Waals surface area contributed by atoms with Crippen molar-refractivity contribution in [2.75, 3.05) is 10.2 Å². The van der Waals surface area contributed by atoms with Gasteiger partial charge in [-0.1, -0.05) is 12.1 Å². The lowest BCUT2D eigenvalue weighted by molar-refractivity contribution is -0.116. The largest absolute Gasteiger partial charge is 0.469 e. The first kappa shape index (κ1) is 19.4. The van der Waals surface area contributed by atoms with Gasteiger partial charge in [0.2, 0.25) is 0 Å². The molecule has 4 heterocycles. The predicted molar refractivity (Wildman–Crippen MR) is 120 cm³/mol. The predicted octanol–water partition coefficient (Wildman–Crippen LogP) is 5.68. The van der Waals surface area contributed by atoms with Crippen LogP contribution in [-0.4, -0.2) is 11.7 Å². The van der Waals surface area contributed by atoms with Gasteiger partial charge in [0.25, 0.3) is 5.91 Å². The average Bonchev–Trinajstić information content (AvgIpc) is 3.61. The van der Waals surface area contributed by atoms with E-state index in [1.807, 2.05) is 36.4 Å². The van der Waals surface area contributed by atoms with Gasteiger partial charge in [-0.3, -0.25) is 14.5 Å². The molecule has 0 unspecified atom stereocenters. The Morgan fingerprint density at radius 1 is 0.848 bits per heavy atom. The Balaban J connectivity index is 1.56. The molecule has 6 rings (SSSR count). The molecule has 2 aliphatic rings. The van der Waals surface area contributed by atoms with E-state index in [9.17, 15) is 9.59 Å². The molecule has 0 radical (unpaired) electrons. The smallest absolute Gasteiger partial charge is 0.294 e. The van der Waals surface area contributed by atoms with Crippen molar-refractivity contribution in [2.24, 2.45) is 0 Å². The first-order valence-electron chi connectivity index (χ1n) is 10.8. The standard InChI is InChI=1S/C26H20N2O5/c29-20-15-16(21-8-3-11-31-21)14-18-24(20)25(22-9-4-12-32-22)28(26(30)23-10-5-13-33-23)19-7-2-1-6-17(19)27-18/h1-13,16,25,27H,14-15H2/t16-,25-/m1/s1. The number of Topliss-reactive ketones (excluding diaryl/α,β-unsaturated/α-hetero) is 1. The van der Waals surface area contributed by atoms with Crippen LogP contribution in [0.5, 0.6) is 0 Å². The van der Waals surface area contributed by atoms with Crippen LogP contribution in [0.1, 0.15) is 46.9 Å². The summed E-state index contributed by atoms with van der Waals surface area (Å²) < 4.78 is 16.8. The minimum Gasteiger partial charge on any atom is -0.469 e. The maximum atomic E-state index is 13.7. The number of amides is 1. The second-order valence-electron chi connectivity index (χ2n) is 8.15. The van der Waals surface area contributed by atoms with Gasteiger partial charge in [-0.2, -0.15) is 0 Å². The van der Waals surface area contributed by atoms with E-state index >= 15 is 0 Å². The number of furan rings is 3. The summed E-state index contributed by atoms with van der Waals surface area (Å²) in [6.07, 6.45) is 5.48. The molecule has 0 spiro atoms. The van der Waals surface area contributed by atoms with Gasteiger partial charge in [-0.25, -0.2) is 0 Å². The highest BCUT2D eigenvalue weighted by molar-refractivity contribution is 6.10. The summed E-state index contributed by atoms with van der Waals surface area (Å²) in [6.45, 7) is 0. The topological polar surface area (TPSA) is 88.8 Å². The second kappa shape index (κ2) is 7.70. The van der Waals surface area contributed by atoms with E-state index in [0.29, 0.717) is 23.4 Å². The zero-order valence-corrected chi connectivity index (χ0v) is 17.6. The molecule has 0 fully saturated rings. The van der Waals surface area contributed by atoms with Crippen molar-refractivity contribution < 1.29 is 22.8 Å². The maximum absolute atomic E-state index is 13.7. The number of rotatable bonds is 3. The molecular weight excluding hydrogens is 420 g/mol. The highest BCUT2D eigenvalue weighted by atomic mass is 16.3. The lowest BCUT2D eigenvalue weighted by Gasteiger charge is -2.32. The normalized spacial score (nSPS) is 20.1. The van der Waals surface area contributed by atoms with Crippen LogP contribution in [0.2, 0.25) is 0 Å². The summed E-state index contributed by atoms with van der Waals surface area (Å²) in [6, 6.07) is 17.3. The van der Waals surface area contributed by atoms with Gasteiger partial charge < -0.3 is 18.6 Å². The highest BCUT2D eigenvalue weighted by Gasteiger charge is 2.43. The third-order valence-electron chi connectivity index (χ3n) is 6.20. The van der Waals surface area contributed by atoms with Gasteiger partial charge in [-0.05, 0) is 55.0 Å². The number of hydrogen-bond acceptors (Lipinski definition) is 6. The van der Waals surface area contributed by atoms with Crippen molar-refractivity contribution >= 4 is 23.1 Å². The van der Waals surface area contributed by atoms with Crippen molar-refractivity contribution in [1.29, 1.82) is 0 Å². The minimum atomic E-state index is -0.742. The quantitative estimate of drug-likeness (QED) is 0.441. The van der Waals surface area contributed by atoms with E-state index in [2.05, 4.69) is 5.32 Å². The number of benzene rings is 1. The molecule has 1 N–H and O–H groups in total. The summed E-state index contributed by atoms with van der Waals surface area (Å²) in [4.78, 5) is 29.0. The van der Waals surface area contributed by atoms with Crippen molar-refractivity contribution in [3.63, 3.8) is 0 Å². The average molecular weight is 440 g/mol. The molecule has 1 amide bonds. The molecule has 1 aromatic carbocycles. The van der Waals surface area contributed by atoms with Crippen molar-refractivity contribution in [3.8, 4) is 0 Å². The van der Waals surface area contributed by atoms with Gasteiger partial charge in [0.05, 0.1) is 30.2 Å². The monoisotopic (exact) mass is 440 g/mol. The molecule has 7 heteroatoms. The number of ketones is 1. The van der Waals surface area contributed by atoms with Gasteiger partial charge in [0.15, 0.2) is 11.5 Å². The molecule has 0 saturated carbocycles. The first-order chi connectivity index (χ1) is 16.2. The Morgan fingerprint density at radius 2 is 1.58 bits per heavy atom. The van der Waals surface area contributed by atoms with Crippen LogP contribution in [0.4, 0.5) is 11.4 Å². The van der Waals surface area contributed by atoms with E-state index in [4.69, 9.17) is 13.3 Å². The minimum absolute atomic E-state index is 0.0587. The van der Waals surface area contributed by atoms with Gasteiger partial charge in [0.1, 0.15) is 17.6 Å². The molecule has 7 nitrogen and oxygen atoms in total. The highest BCUT2D eigenvalue weighted by Crippen LogP contribution is 2.47. The molecule has 3 aromatic heterocycles. The molecule has 2 atom stereocenters. The Hall–Kier alpha value is -4.26. The van der Waals surface area contributed by atoms with Crippen LogP contribution in [0.25, 0.3) is 0 Å². The number of carbonyl (C=O) groups excluding carboxylic acids is 2. The number of hydrogen-bond donors (Lipinski definition) is 1. The molecule has 1 aliphatic heterocycles. The summed E-state index contributed by atoms with van der Waals surface area (Å²) in [5.74, 6) is 0.956. The van der Waals surface area contributed by atoms with Crippen LogP contribution in [0, 0.1) is 0 Å². The van der Waals surface area contributed by atoms with Crippen molar-refractivity contribution in [2.45, 2.75) is 24.8 Å². The fourth-order valence-corrected chi connectivity index (χ4v) is 4.77. The lowest BCUT2D eigenvalue weighted by atomic mass is 9.81. The molecule has 4 aromatic rings. The summed E-state index contributed by atoms with van der Waals surface area (Å²) >= 11 is 0. The molecule has 33 heavy (non-hydrogen) atoms. The Bertz CT molecular complexity index is 1330. The number of nitrogens with one attached hydrogen (secondary N) is 1. The number of para-hydroxylation sites is 2. The van der Waals surface area contributed by atoms with E-state index in [0.717, 1.165) is 17.1 Å². The molecule has 0 bridgehead atoms. The SMILES string of the molecule is O=C1C[C@H](c2ccco2)CC2=C1[C@@H](c1ccco1)N(C(=O)c1ccco1)c1ccccc1N2. The van der Waals surface area contributed by atoms with E-state index in [-0.39, 0.29) is 29.8 Å². The van der Waals surface area contributed by atoms with E-state index in [1.54, 1.807) is 41.7 Å².